The molecule has 0 fully saturated rings. The van der Waals surface area contributed by atoms with Gasteiger partial charge in [0.2, 0.25) is 0 Å². The molecule has 0 saturated heterocycles. The van der Waals surface area contributed by atoms with Crippen molar-refractivity contribution >= 4 is 27.9 Å². The molecule has 0 spiro atoms. The fraction of sp³-hybridized carbons (Fsp3) is 0.500. The topological polar surface area (TPSA) is 90.9 Å². The van der Waals surface area contributed by atoms with E-state index < -0.39 is 0 Å². The summed E-state index contributed by atoms with van der Waals surface area (Å²) in [5.74, 6) is 0.324. The van der Waals surface area contributed by atoms with Crippen LogP contribution in [0.3, 0.4) is 0 Å². The maximum atomic E-state index is 11.6. The number of thiophene rings is 1. The fourth-order valence-corrected chi connectivity index (χ4v) is 2.48. The van der Waals surface area contributed by atoms with Gasteiger partial charge in [-0.15, -0.1) is 11.3 Å². The van der Waals surface area contributed by atoms with E-state index in [1.807, 2.05) is 6.07 Å². The Hall–Kier alpha value is -1.74. The molecule has 5 nitrogen and oxygen atoms in total. The minimum Gasteiger partial charge on any atom is -0.396 e. The number of carbonyl (C=O) groups is 1. The molecule has 1 amide bonds. The summed E-state index contributed by atoms with van der Waals surface area (Å²) >= 11 is 1.22. The van der Waals surface area contributed by atoms with Gasteiger partial charge in [0.15, 0.2) is 0 Å². The molecule has 0 bridgehead atoms. The van der Waals surface area contributed by atoms with E-state index in [0.717, 1.165) is 13.0 Å². The average molecular weight is 266 g/mol. The molecule has 0 aliphatic carbocycles. The number of anilines is 2. The van der Waals surface area contributed by atoms with Gasteiger partial charge in [-0.1, -0.05) is 13.8 Å². The summed E-state index contributed by atoms with van der Waals surface area (Å²) < 4.78 is 0. The molecule has 0 saturated carbocycles. The molecule has 4 N–H and O–H groups in total. The Labute approximate surface area is 111 Å². The van der Waals surface area contributed by atoms with Crippen molar-refractivity contribution in [3.8, 4) is 6.07 Å². The standard InChI is InChI=1S/C12H18N4OS/c1-7(2)4-5-16-12-8(6-13)9(14)10(18-12)11(17)15-3/h7,16H,4-5,14H2,1-3H3,(H,15,17). The van der Waals surface area contributed by atoms with E-state index in [-0.39, 0.29) is 11.6 Å². The first-order valence-electron chi connectivity index (χ1n) is 5.79. The second kappa shape index (κ2) is 6.26. The van der Waals surface area contributed by atoms with Crippen molar-refractivity contribution in [2.45, 2.75) is 20.3 Å². The molecule has 0 aliphatic heterocycles. The van der Waals surface area contributed by atoms with E-state index in [0.29, 0.717) is 21.4 Å². The Morgan fingerprint density at radius 2 is 2.22 bits per heavy atom. The Morgan fingerprint density at radius 3 is 2.72 bits per heavy atom. The van der Waals surface area contributed by atoms with E-state index in [1.165, 1.54) is 11.3 Å². The summed E-state index contributed by atoms with van der Waals surface area (Å²) in [6, 6.07) is 2.04. The Morgan fingerprint density at radius 1 is 1.56 bits per heavy atom. The summed E-state index contributed by atoms with van der Waals surface area (Å²) in [5.41, 5.74) is 6.43. The van der Waals surface area contributed by atoms with Gasteiger partial charge in [0.1, 0.15) is 21.5 Å². The number of hydrogen-bond acceptors (Lipinski definition) is 5. The van der Waals surface area contributed by atoms with Crippen LogP contribution >= 0.6 is 11.3 Å². The number of hydrogen-bond donors (Lipinski definition) is 3. The molecule has 1 aromatic heterocycles. The second-order valence-electron chi connectivity index (χ2n) is 4.35. The van der Waals surface area contributed by atoms with E-state index in [9.17, 15) is 4.79 Å². The lowest BCUT2D eigenvalue weighted by atomic mass is 10.1. The van der Waals surface area contributed by atoms with E-state index in [4.69, 9.17) is 11.0 Å². The van der Waals surface area contributed by atoms with Crippen molar-refractivity contribution in [3.63, 3.8) is 0 Å². The maximum Gasteiger partial charge on any atom is 0.263 e. The highest BCUT2D eigenvalue weighted by Crippen LogP contribution is 2.35. The largest absolute Gasteiger partial charge is 0.396 e. The van der Waals surface area contributed by atoms with Gasteiger partial charge >= 0.3 is 0 Å². The van der Waals surface area contributed by atoms with Gasteiger partial charge in [-0.3, -0.25) is 4.79 Å². The van der Waals surface area contributed by atoms with Crippen molar-refractivity contribution in [3.05, 3.63) is 10.4 Å². The van der Waals surface area contributed by atoms with Crippen LogP contribution in [0.5, 0.6) is 0 Å². The van der Waals surface area contributed by atoms with E-state index in [2.05, 4.69) is 24.5 Å². The van der Waals surface area contributed by atoms with Gasteiger partial charge in [0.25, 0.3) is 5.91 Å². The monoisotopic (exact) mass is 266 g/mol. The zero-order valence-electron chi connectivity index (χ0n) is 10.8. The first-order valence-corrected chi connectivity index (χ1v) is 6.61. The Balaban J connectivity index is 2.91. The quantitative estimate of drug-likeness (QED) is 0.760. The Kier molecular flexibility index (Phi) is 4.98. The SMILES string of the molecule is CNC(=O)c1sc(NCCC(C)C)c(C#N)c1N. The zero-order chi connectivity index (χ0) is 13.7. The van der Waals surface area contributed by atoms with Gasteiger partial charge in [0.05, 0.1) is 5.69 Å². The molecule has 18 heavy (non-hydrogen) atoms. The molecule has 1 rings (SSSR count). The van der Waals surface area contributed by atoms with Crippen LogP contribution in [0, 0.1) is 17.2 Å². The first kappa shape index (κ1) is 14.3. The molecule has 6 heteroatoms. The number of amides is 1. The minimum absolute atomic E-state index is 0.258. The van der Waals surface area contributed by atoms with Gasteiger partial charge in [-0.25, -0.2) is 0 Å². The zero-order valence-corrected chi connectivity index (χ0v) is 11.6. The lowest BCUT2D eigenvalue weighted by Crippen LogP contribution is -2.17. The smallest absolute Gasteiger partial charge is 0.263 e. The average Bonchev–Trinajstić information content (AvgIpc) is 2.64. The van der Waals surface area contributed by atoms with Gasteiger partial charge in [-0.05, 0) is 12.3 Å². The highest BCUT2D eigenvalue weighted by molar-refractivity contribution is 7.18. The molecular formula is C12H18N4OS. The van der Waals surface area contributed by atoms with E-state index in [1.54, 1.807) is 7.05 Å². The lowest BCUT2D eigenvalue weighted by molar-refractivity contribution is 0.0968. The minimum atomic E-state index is -0.258. The maximum absolute atomic E-state index is 11.6. The van der Waals surface area contributed by atoms with Crippen molar-refractivity contribution in [2.75, 3.05) is 24.6 Å². The van der Waals surface area contributed by atoms with Crippen LogP contribution in [0.15, 0.2) is 0 Å². The molecule has 0 atom stereocenters. The third kappa shape index (κ3) is 3.14. The van der Waals surface area contributed by atoms with Crippen LogP contribution in [0.1, 0.15) is 35.5 Å². The number of nitriles is 1. The van der Waals surface area contributed by atoms with Gasteiger partial charge in [-0.2, -0.15) is 5.26 Å². The summed E-state index contributed by atoms with van der Waals surface area (Å²) in [6.07, 6.45) is 0.998. The summed E-state index contributed by atoms with van der Waals surface area (Å²) in [6.45, 7) is 5.02. The number of carbonyl (C=O) groups excluding carboxylic acids is 1. The molecule has 0 aromatic carbocycles. The number of nitrogens with zero attached hydrogens (tertiary/aromatic N) is 1. The normalized spacial score (nSPS) is 10.2. The van der Waals surface area contributed by atoms with Crippen LogP contribution < -0.4 is 16.4 Å². The highest BCUT2D eigenvalue weighted by Gasteiger charge is 2.19. The van der Waals surface area contributed by atoms with Crippen LogP contribution in [-0.4, -0.2) is 19.5 Å². The Bertz CT molecular complexity index is 473. The van der Waals surface area contributed by atoms with Gasteiger partial charge < -0.3 is 16.4 Å². The van der Waals surface area contributed by atoms with Crippen LogP contribution in [0.25, 0.3) is 0 Å². The fourth-order valence-electron chi connectivity index (χ4n) is 1.44. The molecule has 1 heterocycles. The molecule has 0 aliphatic rings. The summed E-state index contributed by atoms with van der Waals surface area (Å²) in [7, 11) is 1.54. The predicted molar refractivity (Wildman–Crippen MR) is 74.8 cm³/mol. The van der Waals surface area contributed by atoms with Crippen molar-refractivity contribution in [2.24, 2.45) is 5.92 Å². The summed E-state index contributed by atoms with van der Waals surface area (Å²) in [4.78, 5) is 12.0. The van der Waals surface area contributed by atoms with E-state index >= 15 is 0 Å². The number of nitrogens with one attached hydrogen (secondary N) is 2. The van der Waals surface area contributed by atoms with Crippen molar-refractivity contribution in [1.82, 2.24) is 5.32 Å². The second-order valence-corrected chi connectivity index (χ2v) is 5.37. The number of nitrogen functional groups attached to an aromatic ring is 1. The third-order valence-electron chi connectivity index (χ3n) is 2.50. The molecular weight excluding hydrogens is 248 g/mol. The lowest BCUT2D eigenvalue weighted by Gasteiger charge is -2.06. The predicted octanol–water partition coefficient (Wildman–Crippen LogP) is 2.02. The molecule has 1 aromatic rings. The van der Waals surface area contributed by atoms with Crippen molar-refractivity contribution < 1.29 is 4.79 Å². The number of nitrogens with two attached hydrogens (primary N) is 1. The van der Waals surface area contributed by atoms with Crippen LogP contribution in [-0.2, 0) is 0 Å². The van der Waals surface area contributed by atoms with Crippen LogP contribution in [0.2, 0.25) is 0 Å². The molecule has 0 unspecified atom stereocenters. The highest BCUT2D eigenvalue weighted by atomic mass is 32.1. The summed E-state index contributed by atoms with van der Waals surface area (Å²) in [5, 5.41) is 15.4. The molecule has 0 radical (unpaired) electrons. The molecule has 98 valence electrons. The first-order chi connectivity index (χ1) is 8.51. The number of rotatable bonds is 5. The van der Waals surface area contributed by atoms with Crippen LogP contribution in [0.4, 0.5) is 10.7 Å². The third-order valence-corrected chi connectivity index (χ3v) is 3.66. The van der Waals surface area contributed by atoms with Gasteiger partial charge in [0, 0.05) is 13.6 Å². The van der Waals surface area contributed by atoms with Crippen molar-refractivity contribution in [1.29, 1.82) is 5.26 Å².